The van der Waals surface area contributed by atoms with Crippen LogP contribution in [0.25, 0.3) is 0 Å². The second kappa shape index (κ2) is 33.8. The molecular weight excluding hydrogens is 1020 g/mol. The van der Waals surface area contributed by atoms with Gasteiger partial charge in [0.1, 0.15) is 41.6 Å². The molecule has 0 aromatic heterocycles. The van der Waals surface area contributed by atoms with Gasteiger partial charge in [0.25, 0.3) is 11.8 Å². The molecule has 0 bridgehead atoms. The second-order valence-electron chi connectivity index (χ2n) is 17.9. The van der Waals surface area contributed by atoms with Crippen LogP contribution in [-0.4, -0.2) is 168 Å². The zero-order valence-corrected chi connectivity index (χ0v) is 42.9. The highest BCUT2D eigenvalue weighted by Gasteiger charge is 2.39. The summed E-state index contributed by atoms with van der Waals surface area (Å²) < 4.78 is 41.4. The Bertz CT molecular complexity index is 2280. The number of nitrogens with two attached hydrogens (primary N) is 7. The molecule has 77 heavy (non-hydrogen) atoms. The molecule has 430 valence electrons. The number of halogens is 3. The third kappa shape index (κ3) is 23.3. The molecule has 0 radical (unpaired) electrons. The van der Waals surface area contributed by atoms with Crippen molar-refractivity contribution in [2.24, 2.45) is 50.1 Å². The number of alkyl halides is 3. The van der Waals surface area contributed by atoms with Crippen LogP contribution < -0.4 is 72.0 Å². The largest absolute Gasteiger partial charge is 0.477 e. The van der Waals surface area contributed by atoms with Gasteiger partial charge in [-0.1, -0.05) is 30.7 Å². The Morgan fingerprint density at radius 3 is 2.10 bits per heavy atom. The number of carboxylic acid groups (broad SMARTS) is 1. The fraction of sp³-hybridized carbons (Fsp3) is 0.596. The number of benzene rings is 1. The summed E-state index contributed by atoms with van der Waals surface area (Å²) in [5.41, 5.74) is 36.9. The first-order valence-corrected chi connectivity index (χ1v) is 25.0. The van der Waals surface area contributed by atoms with Crippen LogP contribution >= 0.6 is 0 Å². The van der Waals surface area contributed by atoms with Crippen LogP contribution in [-0.2, 0) is 55.7 Å². The van der Waals surface area contributed by atoms with Gasteiger partial charge in [-0.15, -0.1) is 0 Å². The van der Waals surface area contributed by atoms with E-state index in [9.17, 15) is 66.5 Å². The molecule has 7 atom stereocenters. The van der Waals surface area contributed by atoms with E-state index in [1.807, 2.05) is 0 Å². The lowest BCUT2D eigenvalue weighted by Gasteiger charge is -2.28. The van der Waals surface area contributed by atoms with E-state index in [1.54, 1.807) is 0 Å². The molecule has 8 amide bonds. The van der Waals surface area contributed by atoms with Gasteiger partial charge in [-0.25, -0.2) is 9.79 Å². The number of guanidine groups is 1. The molecule has 1 aromatic carbocycles. The van der Waals surface area contributed by atoms with E-state index in [0.29, 0.717) is 25.8 Å². The molecular formula is C47H75F3N16O11. The molecule has 0 aliphatic carbocycles. The second-order valence-corrected chi connectivity index (χ2v) is 17.9. The third-order valence-electron chi connectivity index (χ3n) is 11.8. The average molecular weight is 1100 g/mol. The molecule has 1 aliphatic rings. The normalized spacial score (nSPS) is 16.1. The van der Waals surface area contributed by atoms with Crippen LogP contribution in [0.3, 0.4) is 0 Å². The van der Waals surface area contributed by atoms with E-state index in [4.69, 9.17) is 40.1 Å². The summed E-state index contributed by atoms with van der Waals surface area (Å²) >= 11 is 0. The van der Waals surface area contributed by atoms with Gasteiger partial charge in [-0.3, -0.25) is 43.3 Å². The van der Waals surface area contributed by atoms with E-state index < -0.39 is 133 Å². The Morgan fingerprint density at radius 1 is 0.831 bits per heavy atom. The van der Waals surface area contributed by atoms with Crippen LogP contribution in [0.5, 0.6) is 0 Å². The van der Waals surface area contributed by atoms with Gasteiger partial charge in [0, 0.05) is 26.1 Å². The molecule has 0 spiro atoms. The highest BCUT2D eigenvalue weighted by molar-refractivity contribution is 6.40. The van der Waals surface area contributed by atoms with Crippen LogP contribution in [0.15, 0.2) is 46.0 Å². The van der Waals surface area contributed by atoms with Crippen molar-refractivity contribution in [2.45, 2.75) is 133 Å². The molecule has 1 saturated heterocycles. The monoisotopic (exact) mass is 1100 g/mol. The van der Waals surface area contributed by atoms with Crippen molar-refractivity contribution in [3.63, 3.8) is 0 Å². The number of aliphatic hydroxyl groups is 1. The van der Waals surface area contributed by atoms with Crippen molar-refractivity contribution < 1.29 is 66.5 Å². The molecule has 1 heterocycles. The standard InChI is InChI=1S/C47H75F3N16O11/c1-26(60-43(74)37(35(67)24-54)65-39(70)29(55)12-2-4-17-51)38(69)59-25-36(68)61-31(14-7-19-53)44(75)66-21-9-16-34(66)42(73)64-33(23-27-10-6-11-28(22-27)47(48,49)50)41(72)62-30(13-3-5-18-52)40(71)63-32(45(76)77)15-8-20-58-46(56)57/h6,10-11,15,22,26,29-30,33-35,37,67H,2-5,7-9,12-14,16-21,23-25,51-55H2,1H3,(H,59,69)(H,60,74)(H,62,72)(H,63,71)(H,64,73)(H,65,70)(H,76,77)(H4,56,57,58)/b32-15-,61-31?/t26-,29-,30-,33-,34-,35-,37-/m0/s1. The maximum Gasteiger partial charge on any atom is 0.416 e. The topological polar surface area (TPSA) is 476 Å². The Kier molecular flexibility index (Phi) is 29.0. The van der Waals surface area contributed by atoms with Gasteiger partial charge >= 0.3 is 12.1 Å². The number of carbonyl (C=O) groups excluding carboxylic acids is 8. The van der Waals surface area contributed by atoms with Crippen molar-refractivity contribution in [2.75, 3.05) is 45.8 Å². The zero-order chi connectivity index (χ0) is 57.8. The minimum absolute atomic E-state index is 0.0132. The summed E-state index contributed by atoms with van der Waals surface area (Å²) in [6, 6.07) is -4.56. The van der Waals surface area contributed by atoms with Gasteiger partial charge < -0.3 is 87.1 Å². The first kappa shape index (κ1) is 66.0. The van der Waals surface area contributed by atoms with Crippen LogP contribution in [0, 0.1) is 0 Å². The molecule has 1 fully saturated rings. The number of rotatable bonds is 33. The van der Waals surface area contributed by atoms with Crippen molar-refractivity contribution >= 4 is 64.9 Å². The number of aliphatic hydroxyl groups excluding tert-OH is 1. The number of nitrogens with zero attached hydrogens (tertiary/aromatic N) is 3. The van der Waals surface area contributed by atoms with Crippen molar-refractivity contribution in [3.8, 4) is 0 Å². The summed E-state index contributed by atoms with van der Waals surface area (Å²) in [5, 5.41) is 34.4. The maximum atomic E-state index is 14.2. The predicted molar refractivity (Wildman–Crippen MR) is 275 cm³/mol. The number of amides is 8. The van der Waals surface area contributed by atoms with Gasteiger partial charge in [0.2, 0.25) is 35.4 Å². The number of hydrogen-bond donors (Lipinski definition) is 15. The van der Waals surface area contributed by atoms with E-state index in [0.717, 1.165) is 29.2 Å². The number of nitrogens with one attached hydrogen (secondary N) is 6. The summed E-state index contributed by atoms with van der Waals surface area (Å²) in [5.74, 6) is -9.40. The minimum atomic E-state index is -4.79. The Labute approximate surface area is 442 Å². The van der Waals surface area contributed by atoms with Crippen molar-refractivity contribution in [1.29, 1.82) is 0 Å². The predicted octanol–water partition coefficient (Wildman–Crippen LogP) is -4.33. The summed E-state index contributed by atoms with van der Waals surface area (Å²) in [6.45, 7) is 0.501. The van der Waals surface area contributed by atoms with Gasteiger partial charge in [0.05, 0.1) is 24.3 Å². The summed E-state index contributed by atoms with van der Waals surface area (Å²) in [6.07, 6.45) is -3.75. The number of aliphatic carboxylic acids is 1. The number of likely N-dealkylation sites (tertiary alicyclic amines) is 1. The Balaban J connectivity index is 2.37. The molecule has 30 heteroatoms. The number of carboxylic acids is 1. The number of carbonyl (C=O) groups is 9. The Morgan fingerprint density at radius 2 is 1.49 bits per heavy atom. The molecule has 1 aliphatic heterocycles. The fourth-order valence-corrected chi connectivity index (χ4v) is 7.61. The SMILES string of the molecule is C[C@H](NC(=O)[C@@H](NC(=O)[C@@H](N)CCCCN)[C@@H](O)CN)C(=O)NCC(=O)N=C(CCCN)C(=O)N1CCC[C@H]1C(=O)N[C@@H](Cc1cccc(C(F)(F)F)c1)C(=O)N[C@@H](CCCCN)C(=O)N/C(=C\CCN=C(N)N)C(=O)O. The molecule has 0 saturated carbocycles. The zero-order valence-electron chi connectivity index (χ0n) is 42.9. The van der Waals surface area contributed by atoms with Crippen molar-refractivity contribution in [3.05, 3.63) is 47.2 Å². The lowest BCUT2D eigenvalue weighted by molar-refractivity contribution is -0.137. The lowest BCUT2D eigenvalue weighted by Crippen LogP contribution is -2.60. The van der Waals surface area contributed by atoms with Crippen LogP contribution in [0.2, 0.25) is 0 Å². The highest BCUT2D eigenvalue weighted by atomic mass is 19.4. The van der Waals surface area contributed by atoms with Crippen molar-refractivity contribution in [1.82, 2.24) is 36.8 Å². The van der Waals surface area contributed by atoms with E-state index in [2.05, 4.69) is 41.9 Å². The summed E-state index contributed by atoms with van der Waals surface area (Å²) in [4.78, 5) is 129. The molecule has 0 unspecified atom stereocenters. The first-order valence-electron chi connectivity index (χ1n) is 25.0. The lowest BCUT2D eigenvalue weighted by atomic mass is 10.0. The number of aliphatic imine (C=N–C) groups is 2. The van der Waals surface area contributed by atoms with Gasteiger partial charge in [0.15, 0.2) is 5.96 Å². The first-order chi connectivity index (χ1) is 36.4. The van der Waals surface area contributed by atoms with E-state index in [-0.39, 0.29) is 94.8 Å². The van der Waals surface area contributed by atoms with Crippen LogP contribution in [0.1, 0.15) is 88.7 Å². The molecule has 27 nitrogen and oxygen atoms in total. The average Bonchev–Trinajstić information content (AvgIpc) is 3.88. The summed E-state index contributed by atoms with van der Waals surface area (Å²) in [7, 11) is 0. The molecule has 2 rings (SSSR count). The number of hydrogen-bond acceptors (Lipinski definition) is 16. The fourth-order valence-electron chi connectivity index (χ4n) is 7.61. The van der Waals surface area contributed by atoms with E-state index in [1.165, 1.54) is 13.0 Å². The quantitative estimate of drug-likeness (QED) is 0.0137. The highest BCUT2D eigenvalue weighted by Crippen LogP contribution is 2.30. The minimum Gasteiger partial charge on any atom is -0.477 e. The van der Waals surface area contributed by atoms with Crippen LogP contribution in [0.4, 0.5) is 13.2 Å². The van der Waals surface area contributed by atoms with E-state index >= 15 is 0 Å². The molecule has 22 N–H and O–H groups in total. The molecule has 1 aromatic rings. The Hall–Kier alpha value is -7.12. The smallest absolute Gasteiger partial charge is 0.416 e. The maximum absolute atomic E-state index is 14.2. The van der Waals surface area contributed by atoms with Gasteiger partial charge in [-0.2, -0.15) is 13.2 Å². The number of unbranched alkanes of at least 4 members (excludes halogenated alkanes) is 2. The van der Waals surface area contributed by atoms with Gasteiger partial charge in [-0.05, 0) is 102 Å². The third-order valence-corrected chi connectivity index (χ3v) is 11.8.